The number of aromatic nitrogens is 2. The van der Waals surface area contributed by atoms with E-state index in [0.29, 0.717) is 22.7 Å². The summed E-state index contributed by atoms with van der Waals surface area (Å²) >= 11 is 6.30. The number of carbonyl (C=O) groups excluding carboxylic acids is 2. The molecule has 29 heavy (non-hydrogen) atoms. The Labute approximate surface area is 169 Å². The van der Waals surface area contributed by atoms with Gasteiger partial charge >= 0.3 is 0 Å². The van der Waals surface area contributed by atoms with E-state index in [1.807, 2.05) is 0 Å². The van der Waals surface area contributed by atoms with Gasteiger partial charge in [-0.3, -0.25) is 19.6 Å². The van der Waals surface area contributed by atoms with Crippen LogP contribution < -0.4 is 10.2 Å². The Hall–Kier alpha value is -3.00. The van der Waals surface area contributed by atoms with E-state index in [2.05, 4.69) is 15.5 Å². The number of rotatable bonds is 6. The van der Waals surface area contributed by atoms with Crippen molar-refractivity contribution in [1.82, 2.24) is 15.5 Å². The molecule has 0 saturated heterocycles. The Morgan fingerprint density at radius 1 is 1.31 bits per heavy atom. The molecule has 0 unspecified atom stereocenters. The number of alkyl halides is 2. The summed E-state index contributed by atoms with van der Waals surface area (Å²) in [4.78, 5) is 26.3. The van der Waals surface area contributed by atoms with Crippen LogP contribution in [0.4, 0.5) is 14.5 Å². The van der Waals surface area contributed by atoms with Crippen molar-refractivity contribution in [2.24, 2.45) is 0 Å². The second-order valence-corrected chi connectivity index (χ2v) is 7.46. The number of hydrogen-bond donors (Lipinski definition) is 2. The van der Waals surface area contributed by atoms with Crippen molar-refractivity contribution in [3.8, 4) is 0 Å². The zero-order valence-electron chi connectivity index (χ0n) is 15.1. The summed E-state index contributed by atoms with van der Waals surface area (Å²) in [5, 5.41) is 10.4. The molecule has 1 aliphatic carbocycles. The predicted molar refractivity (Wildman–Crippen MR) is 105 cm³/mol. The first-order chi connectivity index (χ1) is 13.9. The van der Waals surface area contributed by atoms with Crippen molar-refractivity contribution >= 4 is 40.5 Å². The normalized spacial score (nSPS) is 16.8. The molecule has 1 aromatic heterocycles. The first-order valence-electron chi connectivity index (χ1n) is 8.97. The highest BCUT2D eigenvalue weighted by Crippen LogP contribution is 2.38. The molecule has 0 spiro atoms. The van der Waals surface area contributed by atoms with Crippen molar-refractivity contribution in [1.29, 1.82) is 0 Å². The zero-order valence-corrected chi connectivity index (χ0v) is 15.9. The molecule has 2 N–H and O–H groups in total. The van der Waals surface area contributed by atoms with Crippen LogP contribution in [0, 0.1) is 0 Å². The maximum atomic E-state index is 13.2. The summed E-state index contributed by atoms with van der Waals surface area (Å²) in [5.41, 5.74) is 1.63. The number of anilines is 1. The van der Waals surface area contributed by atoms with E-state index in [4.69, 9.17) is 11.6 Å². The first-order valence-corrected chi connectivity index (χ1v) is 9.35. The Balaban J connectivity index is 1.70. The van der Waals surface area contributed by atoms with Crippen LogP contribution in [0.2, 0.25) is 5.02 Å². The number of benzene rings is 2. The monoisotopic (exact) mass is 418 g/mol. The van der Waals surface area contributed by atoms with Gasteiger partial charge in [-0.1, -0.05) is 29.8 Å². The lowest BCUT2D eigenvalue weighted by atomic mass is 9.87. The number of nitrogens with one attached hydrogen (secondary N) is 2. The number of fused-ring (bicyclic) bond motifs is 1. The van der Waals surface area contributed by atoms with Gasteiger partial charge < -0.3 is 5.32 Å². The fourth-order valence-electron chi connectivity index (χ4n) is 3.52. The summed E-state index contributed by atoms with van der Waals surface area (Å²) in [6, 6.07) is 10.0. The fourth-order valence-corrected chi connectivity index (χ4v) is 3.76. The lowest BCUT2D eigenvalue weighted by molar-refractivity contribution is -0.131. The van der Waals surface area contributed by atoms with Gasteiger partial charge in [-0.05, 0) is 24.3 Å². The number of amides is 2. The maximum absolute atomic E-state index is 13.2. The molecule has 1 aliphatic rings. The van der Waals surface area contributed by atoms with Crippen molar-refractivity contribution in [2.75, 3.05) is 4.90 Å². The predicted octanol–water partition coefficient (Wildman–Crippen LogP) is 3.83. The summed E-state index contributed by atoms with van der Waals surface area (Å²) in [6.07, 6.45) is 1.29. The Morgan fingerprint density at radius 3 is 2.76 bits per heavy atom. The molecule has 1 atom stereocenters. The average Bonchev–Trinajstić information content (AvgIpc) is 3.13. The summed E-state index contributed by atoms with van der Waals surface area (Å²) in [6.45, 7) is 0. The molecule has 0 aliphatic heterocycles. The molecule has 2 amide bonds. The summed E-state index contributed by atoms with van der Waals surface area (Å²) in [7, 11) is 0. The van der Waals surface area contributed by atoms with Gasteiger partial charge in [0, 0.05) is 40.5 Å². The molecular formula is C20H17ClF2N4O2. The standard InChI is InChI=1S/C20H17ClF2N4O2/c21-16-4-2-1-3-15(16)18(19(29)25-13-8-20(22,23)9-13)27(11-28)14-5-6-17-12(7-14)10-24-26-17/h1-7,10-11,13,18H,8-9H2,(H,24,26)(H,25,29)/t18-/m0/s1. The van der Waals surface area contributed by atoms with Gasteiger partial charge in [0.05, 0.1) is 11.7 Å². The van der Waals surface area contributed by atoms with Gasteiger partial charge in [0.25, 0.3) is 5.92 Å². The lowest BCUT2D eigenvalue weighted by Gasteiger charge is -2.37. The van der Waals surface area contributed by atoms with E-state index in [9.17, 15) is 18.4 Å². The third-order valence-electron chi connectivity index (χ3n) is 5.00. The largest absolute Gasteiger partial charge is 0.351 e. The van der Waals surface area contributed by atoms with Crippen molar-refractivity contribution in [3.05, 3.63) is 59.2 Å². The van der Waals surface area contributed by atoms with E-state index < -0.39 is 36.8 Å². The van der Waals surface area contributed by atoms with Crippen LogP contribution in [-0.2, 0) is 9.59 Å². The van der Waals surface area contributed by atoms with E-state index >= 15 is 0 Å². The van der Waals surface area contributed by atoms with Gasteiger partial charge in [0.15, 0.2) is 0 Å². The number of hydrogen-bond acceptors (Lipinski definition) is 3. The highest BCUT2D eigenvalue weighted by atomic mass is 35.5. The molecular weight excluding hydrogens is 402 g/mol. The van der Waals surface area contributed by atoms with Crippen LogP contribution in [0.3, 0.4) is 0 Å². The molecule has 1 heterocycles. The third kappa shape index (κ3) is 3.80. The Morgan fingerprint density at radius 2 is 2.07 bits per heavy atom. The van der Waals surface area contributed by atoms with Crippen molar-refractivity contribution in [2.45, 2.75) is 30.8 Å². The van der Waals surface area contributed by atoms with Crippen LogP contribution in [0.25, 0.3) is 10.9 Å². The second-order valence-electron chi connectivity index (χ2n) is 7.05. The Kier molecular flexibility index (Phi) is 4.96. The zero-order chi connectivity index (χ0) is 20.6. The number of nitrogens with zero attached hydrogens (tertiary/aromatic N) is 2. The summed E-state index contributed by atoms with van der Waals surface area (Å²) in [5.74, 6) is -3.34. The minimum atomic E-state index is -2.77. The van der Waals surface area contributed by atoms with Gasteiger partial charge in [-0.2, -0.15) is 5.10 Å². The van der Waals surface area contributed by atoms with Gasteiger partial charge in [0.2, 0.25) is 12.3 Å². The second kappa shape index (κ2) is 7.44. The van der Waals surface area contributed by atoms with Crippen LogP contribution in [0.5, 0.6) is 0 Å². The number of aromatic amines is 1. The molecule has 6 nitrogen and oxygen atoms in total. The highest BCUT2D eigenvalue weighted by molar-refractivity contribution is 6.31. The number of halogens is 3. The van der Waals surface area contributed by atoms with E-state index in [0.717, 1.165) is 10.9 Å². The van der Waals surface area contributed by atoms with Crippen LogP contribution in [0.1, 0.15) is 24.4 Å². The van der Waals surface area contributed by atoms with Crippen LogP contribution in [-0.4, -0.2) is 34.5 Å². The first kappa shape index (κ1) is 19.3. The maximum Gasteiger partial charge on any atom is 0.252 e. The average molecular weight is 419 g/mol. The molecule has 150 valence electrons. The smallest absolute Gasteiger partial charge is 0.252 e. The van der Waals surface area contributed by atoms with Crippen molar-refractivity contribution in [3.63, 3.8) is 0 Å². The third-order valence-corrected chi connectivity index (χ3v) is 5.34. The molecule has 1 fully saturated rings. The Bertz CT molecular complexity index is 1060. The fraction of sp³-hybridized carbons (Fsp3) is 0.250. The molecule has 1 saturated carbocycles. The molecule has 9 heteroatoms. The van der Waals surface area contributed by atoms with Gasteiger partial charge in [-0.15, -0.1) is 0 Å². The van der Waals surface area contributed by atoms with E-state index in [1.54, 1.807) is 48.7 Å². The highest BCUT2D eigenvalue weighted by Gasteiger charge is 2.47. The molecule has 2 aromatic carbocycles. The topological polar surface area (TPSA) is 78.1 Å². The number of carbonyl (C=O) groups is 2. The van der Waals surface area contributed by atoms with Crippen molar-refractivity contribution < 1.29 is 18.4 Å². The van der Waals surface area contributed by atoms with Crippen LogP contribution in [0.15, 0.2) is 48.7 Å². The van der Waals surface area contributed by atoms with Crippen LogP contribution >= 0.6 is 11.6 Å². The number of H-pyrrole nitrogens is 1. The quantitative estimate of drug-likeness (QED) is 0.597. The van der Waals surface area contributed by atoms with E-state index in [-0.39, 0.29) is 0 Å². The molecule has 3 aromatic rings. The molecule has 0 bridgehead atoms. The van der Waals surface area contributed by atoms with E-state index in [1.165, 1.54) is 4.90 Å². The van der Waals surface area contributed by atoms with Gasteiger partial charge in [-0.25, -0.2) is 8.78 Å². The minimum Gasteiger partial charge on any atom is -0.351 e. The SMILES string of the molecule is O=CN(c1ccc2[nH]ncc2c1)[C@H](C(=O)NC1CC(F)(F)C1)c1ccccc1Cl. The summed E-state index contributed by atoms with van der Waals surface area (Å²) < 4.78 is 26.4. The molecule has 0 radical (unpaired) electrons. The van der Waals surface area contributed by atoms with Gasteiger partial charge in [0.1, 0.15) is 6.04 Å². The lowest BCUT2D eigenvalue weighted by Crippen LogP contribution is -2.53. The minimum absolute atomic E-state index is 0.294. The molecule has 4 rings (SSSR count).